The van der Waals surface area contributed by atoms with Gasteiger partial charge in [0.2, 0.25) is 0 Å². The van der Waals surface area contributed by atoms with Crippen LogP contribution in [0.5, 0.6) is 0 Å². The summed E-state index contributed by atoms with van der Waals surface area (Å²) in [4.78, 5) is 2.07. The van der Waals surface area contributed by atoms with Crippen molar-refractivity contribution in [2.45, 2.75) is 19.9 Å². The van der Waals surface area contributed by atoms with Crippen LogP contribution in [0.25, 0.3) is 0 Å². The molecule has 0 aromatic heterocycles. The third kappa shape index (κ3) is 1.70. The Morgan fingerprint density at radius 2 is 1.94 bits per heavy atom. The first-order chi connectivity index (χ1) is 8.79. The molecule has 0 saturated heterocycles. The molecule has 18 heavy (non-hydrogen) atoms. The van der Waals surface area contributed by atoms with Crippen LogP contribution in [0.2, 0.25) is 0 Å². The molecular weight excluding hydrogens is 220 g/mol. The number of nitrogens with one attached hydrogen (secondary N) is 1. The van der Waals surface area contributed by atoms with E-state index in [1.165, 1.54) is 11.1 Å². The van der Waals surface area contributed by atoms with Gasteiger partial charge >= 0.3 is 0 Å². The van der Waals surface area contributed by atoms with E-state index >= 15 is 0 Å². The standard InChI is InChI=1S/C16H16N2/c1-2-12-6-5-8-14(10-12)18-11-13-7-3-4-9-15(13)16(18)17/h3-10,17H,2,11H2,1H3. The highest BCUT2D eigenvalue weighted by molar-refractivity contribution is 6.11. The van der Waals surface area contributed by atoms with E-state index < -0.39 is 0 Å². The van der Waals surface area contributed by atoms with Gasteiger partial charge in [0, 0.05) is 11.3 Å². The SMILES string of the molecule is CCc1cccc(N2Cc3ccccc3C2=N)c1. The maximum absolute atomic E-state index is 8.28. The van der Waals surface area contributed by atoms with E-state index in [-0.39, 0.29) is 0 Å². The second-order valence-electron chi connectivity index (χ2n) is 4.62. The summed E-state index contributed by atoms with van der Waals surface area (Å²) in [7, 11) is 0. The molecule has 90 valence electrons. The van der Waals surface area contributed by atoms with Crippen molar-refractivity contribution in [1.82, 2.24) is 0 Å². The van der Waals surface area contributed by atoms with E-state index in [1.54, 1.807) is 0 Å². The molecule has 0 saturated carbocycles. The van der Waals surface area contributed by atoms with Crippen LogP contribution in [0.3, 0.4) is 0 Å². The molecule has 0 spiro atoms. The number of hydrogen-bond acceptors (Lipinski definition) is 1. The first kappa shape index (κ1) is 11.0. The quantitative estimate of drug-likeness (QED) is 0.847. The molecule has 0 bridgehead atoms. The summed E-state index contributed by atoms with van der Waals surface area (Å²) in [5.41, 5.74) is 4.73. The van der Waals surface area contributed by atoms with Crippen molar-refractivity contribution < 1.29 is 0 Å². The van der Waals surface area contributed by atoms with Crippen molar-refractivity contribution in [3.63, 3.8) is 0 Å². The molecule has 0 aliphatic carbocycles. The number of rotatable bonds is 2. The average Bonchev–Trinajstić information content (AvgIpc) is 2.77. The van der Waals surface area contributed by atoms with Gasteiger partial charge in [0.05, 0.1) is 6.54 Å². The van der Waals surface area contributed by atoms with Crippen LogP contribution in [0, 0.1) is 5.41 Å². The molecule has 2 aromatic carbocycles. The first-order valence-corrected chi connectivity index (χ1v) is 6.33. The zero-order valence-electron chi connectivity index (χ0n) is 10.5. The highest BCUT2D eigenvalue weighted by atomic mass is 15.2. The fourth-order valence-electron chi connectivity index (χ4n) is 2.45. The number of nitrogens with zero attached hydrogens (tertiary/aromatic N) is 1. The Bertz CT molecular complexity index is 602. The molecule has 1 heterocycles. The molecule has 0 radical (unpaired) electrons. The van der Waals surface area contributed by atoms with E-state index in [2.05, 4.69) is 42.2 Å². The van der Waals surface area contributed by atoms with Gasteiger partial charge in [-0.25, -0.2) is 0 Å². The summed E-state index contributed by atoms with van der Waals surface area (Å²) in [5.74, 6) is 0.610. The maximum Gasteiger partial charge on any atom is 0.133 e. The molecule has 0 unspecified atom stereocenters. The minimum atomic E-state index is 0.610. The van der Waals surface area contributed by atoms with Gasteiger partial charge < -0.3 is 4.90 Å². The van der Waals surface area contributed by atoms with Crippen LogP contribution in [0.15, 0.2) is 48.5 Å². The highest BCUT2D eigenvalue weighted by Gasteiger charge is 2.24. The molecule has 0 fully saturated rings. The highest BCUT2D eigenvalue weighted by Crippen LogP contribution is 2.28. The van der Waals surface area contributed by atoms with Crippen molar-refractivity contribution in [2.24, 2.45) is 0 Å². The van der Waals surface area contributed by atoms with Crippen LogP contribution >= 0.6 is 0 Å². The van der Waals surface area contributed by atoms with Crippen LogP contribution in [-0.4, -0.2) is 5.84 Å². The lowest BCUT2D eigenvalue weighted by Gasteiger charge is -2.18. The van der Waals surface area contributed by atoms with Crippen LogP contribution < -0.4 is 4.90 Å². The Labute approximate surface area is 107 Å². The lowest BCUT2D eigenvalue weighted by molar-refractivity contribution is 1.04. The summed E-state index contributed by atoms with van der Waals surface area (Å²) >= 11 is 0. The largest absolute Gasteiger partial charge is 0.322 e. The maximum atomic E-state index is 8.28. The number of hydrogen-bond donors (Lipinski definition) is 1. The Balaban J connectivity index is 1.98. The lowest BCUT2D eigenvalue weighted by atomic mass is 10.1. The Morgan fingerprint density at radius 1 is 1.11 bits per heavy atom. The zero-order valence-corrected chi connectivity index (χ0v) is 10.5. The topological polar surface area (TPSA) is 27.1 Å². The van der Waals surface area contributed by atoms with E-state index in [9.17, 15) is 0 Å². The summed E-state index contributed by atoms with van der Waals surface area (Å²) in [6, 6.07) is 16.6. The lowest BCUT2D eigenvalue weighted by Crippen LogP contribution is -2.23. The summed E-state index contributed by atoms with van der Waals surface area (Å²) in [5, 5.41) is 8.28. The average molecular weight is 236 g/mol. The zero-order chi connectivity index (χ0) is 12.5. The molecule has 0 atom stereocenters. The fraction of sp³-hybridized carbons (Fsp3) is 0.188. The van der Waals surface area contributed by atoms with Crippen LogP contribution in [0.1, 0.15) is 23.6 Å². The first-order valence-electron chi connectivity index (χ1n) is 6.33. The van der Waals surface area contributed by atoms with Crippen molar-refractivity contribution >= 4 is 11.5 Å². The molecule has 2 heteroatoms. The smallest absolute Gasteiger partial charge is 0.133 e. The van der Waals surface area contributed by atoms with Gasteiger partial charge in [0.15, 0.2) is 0 Å². The number of fused-ring (bicyclic) bond motifs is 1. The molecule has 1 aliphatic rings. The van der Waals surface area contributed by atoms with E-state index in [4.69, 9.17) is 5.41 Å². The minimum Gasteiger partial charge on any atom is -0.322 e. The van der Waals surface area contributed by atoms with Gasteiger partial charge in [0.1, 0.15) is 5.84 Å². The third-order valence-electron chi connectivity index (χ3n) is 3.50. The summed E-state index contributed by atoms with van der Waals surface area (Å²) in [6.45, 7) is 2.96. The second kappa shape index (κ2) is 4.30. The van der Waals surface area contributed by atoms with Crippen molar-refractivity contribution in [2.75, 3.05) is 4.90 Å². The van der Waals surface area contributed by atoms with Gasteiger partial charge in [0.25, 0.3) is 0 Å². The Hall–Kier alpha value is -2.09. The number of amidine groups is 1. The molecule has 3 rings (SSSR count). The van der Waals surface area contributed by atoms with E-state index in [0.29, 0.717) is 5.84 Å². The number of anilines is 1. The minimum absolute atomic E-state index is 0.610. The van der Waals surface area contributed by atoms with Crippen molar-refractivity contribution in [3.8, 4) is 0 Å². The van der Waals surface area contributed by atoms with Crippen molar-refractivity contribution in [3.05, 3.63) is 65.2 Å². The fourth-order valence-corrected chi connectivity index (χ4v) is 2.45. The number of benzene rings is 2. The molecule has 1 N–H and O–H groups in total. The summed E-state index contributed by atoms with van der Waals surface area (Å²) in [6.07, 6.45) is 1.03. The monoisotopic (exact) mass is 236 g/mol. The summed E-state index contributed by atoms with van der Waals surface area (Å²) < 4.78 is 0. The second-order valence-corrected chi connectivity index (χ2v) is 4.62. The molecule has 1 aliphatic heterocycles. The predicted molar refractivity (Wildman–Crippen MR) is 75.3 cm³/mol. The van der Waals surface area contributed by atoms with Crippen molar-refractivity contribution in [1.29, 1.82) is 5.41 Å². The van der Waals surface area contributed by atoms with Gasteiger partial charge in [-0.1, -0.05) is 43.3 Å². The Morgan fingerprint density at radius 3 is 2.72 bits per heavy atom. The van der Waals surface area contributed by atoms with Crippen LogP contribution in [-0.2, 0) is 13.0 Å². The van der Waals surface area contributed by atoms with Gasteiger partial charge in [-0.3, -0.25) is 5.41 Å². The van der Waals surface area contributed by atoms with Gasteiger partial charge in [-0.05, 0) is 29.7 Å². The molecular formula is C16H16N2. The third-order valence-corrected chi connectivity index (χ3v) is 3.50. The van der Waals surface area contributed by atoms with Gasteiger partial charge in [-0.15, -0.1) is 0 Å². The predicted octanol–water partition coefficient (Wildman–Crippen LogP) is 3.59. The van der Waals surface area contributed by atoms with E-state index in [1.807, 2.05) is 18.2 Å². The normalized spacial score (nSPS) is 13.8. The van der Waals surface area contributed by atoms with Gasteiger partial charge in [-0.2, -0.15) is 0 Å². The van der Waals surface area contributed by atoms with Crippen LogP contribution in [0.4, 0.5) is 5.69 Å². The molecule has 2 nitrogen and oxygen atoms in total. The Kier molecular flexibility index (Phi) is 2.63. The molecule has 2 aromatic rings. The van der Waals surface area contributed by atoms with E-state index in [0.717, 1.165) is 24.2 Å². The number of aryl methyl sites for hydroxylation is 1. The molecule has 0 amide bonds.